The molecule has 0 aromatic carbocycles. The Morgan fingerprint density at radius 1 is 1.43 bits per heavy atom. The van der Waals surface area contributed by atoms with Crippen LogP contribution in [-0.4, -0.2) is 34.8 Å². The van der Waals surface area contributed by atoms with E-state index in [2.05, 4.69) is 40.9 Å². The van der Waals surface area contributed by atoms with Crippen molar-refractivity contribution in [3.8, 4) is 0 Å². The maximum absolute atomic E-state index is 4.58. The second-order valence-corrected chi connectivity index (χ2v) is 4.18. The van der Waals surface area contributed by atoms with Gasteiger partial charge in [0.2, 0.25) is 0 Å². The summed E-state index contributed by atoms with van der Waals surface area (Å²) in [6, 6.07) is 2.77. The summed E-state index contributed by atoms with van der Waals surface area (Å²) < 4.78 is 2.16. The minimum Gasteiger partial charge on any atom is -0.306 e. The minimum absolute atomic E-state index is 0.631. The molecule has 1 fully saturated rings. The Morgan fingerprint density at radius 3 is 2.71 bits per heavy atom. The number of rotatable bonds is 2. The molecule has 14 heavy (non-hydrogen) atoms. The molecule has 1 aliphatic heterocycles. The SMILES string of the molecule is CCc1ccn(C2CCN(C)CC2)n1. The molecule has 78 valence electrons. The number of nitrogens with zero attached hydrogens (tertiary/aromatic N) is 3. The molecule has 0 N–H and O–H groups in total. The van der Waals surface area contributed by atoms with Crippen LogP contribution in [-0.2, 0) is 6.42 Å². The van der Waals surface area contributed by atoms with Crippen molar-refractivity contribution >= 4 is 0 Å². The molecule has 2 rings (SSSR count). The molecular formula is C11H19N3. The number of piperidine rings is 1. The molecule has 0 saturated carbocycles. The molecule has 0 atom stereocenters. The van der Waals surface area contributed by atoms with Crippen molar-refractivity contribution in [3.63, 3.8) is 0 Å². The first kappa shape index (κ1) is 9.71. The van der Waals surface area contributed by atoms with E-state index < -0.39 is 0 Å². The van der Waals surface area contributed by atoms with Crippen LogP contribution in [0.2, 0.25) is 0 Å². The van der Waals surface area contributed by atoms with Gasteiger partial charge < -0.3 is 4.90 Å². The Hall–Kier alpha value is -0.830. The first-order valence-electron chi connectivity index (χ1n) is 5.52. The van der Waals surface area contributed by atoms with Crippen LogP contribution in [0.3, 0.4) is 0 Å². The van der Waals surface area contributed by atoms with Gasteiger partial charge in [-0.3, -0.25) is 4.68 Å². The van der Waals surface area contributed by atoms with Crippen LogP contribution < -0.4 is 0 Å². The average Bonchev–Trinajstić information content (AvgIpc) is 2.67. The summed E-state index contributed by atoms with van der Waals surface area (Å²) in [5.74, 6) is 0. The van der Waals surface area contributed by atoms with Crippen LogP contribution >= 0.6 is 0 Å². The van der Waals surface area contributed by atoms with Crippen molar-refractivity contribution in [2.24, 2.45) is 0 Å². The van der Waals surface area contributed by atoms with Crippen LogP contribution in [0.5, 0.6) is 0 Å². The molecule has 0 unspecified atom stereocenters. The minimum atomic E-state index is 0.631. The topological polar surface area (TPSA) is 21.1 Å². The predicted molar refractivity (Wildman–Crippen MR) is 57.4 cm³/mol. The molecule has 0 amide bonds. The molecular weight excluding hydrogens is 174 g/mol. The quantitative estimate of drug-likeness (QED) is 0.713. The van der Waals surface area contributed by atoms with Crippen molar-refractivity contribution in [1.82, 2.24) is 14.7 Å². The normalized spacial score (nSPS) is 20.1. The second-order valence-electron chi connectivity index (χ2n) is 4.18. The lowest BCUT2D eigenvalue weighted by atomic mass is 10.1. The van der Waals surface area contributed by atoms with E-state index in [1.807, 2.05) is 0 Å². The molecule has 0 radical (unpaired) electrons. The average molecular weight is 193 g/mol. The molecule has 2 heterocycles. The van der Waals surface area contributed by atoms with Gasteiger partial charge in [-0.1, -0.05) is 6.92 Å². The van der Waals surface area contributed by atoms with Gasteiger partial charge in [0.25, 0.3) is 0 Å². The van der Waals surface area contributed by atoms with Crippen molar-refractivity contribution in [2.75, 3.05) is 20.1 Å². The van der Waals surface area contributed by atoms with E-state index in [-0.39, 0.29) is 0 Å². The lowest BCUT2D eigenvalue weighted by molar-refractivity contribution is 0.212. The smallest absolute Gasteiger partial charge is 0.0621 e. The Morgan fingerprint density at radius 2 is 2.14 bits per heavy atom. The third-order valence-corrected chi connectivity index (χ3v) is 3.09. The zero-order valence-electron chi connectivity index (χ0n) is 9.11. The van der Waals surface area contributed by atoms with Crippen molar-refractivity contribution in [2.45, 2.75) is 32.2 Å². The van der Waals surface area contributed by atoms with E-state index in [1.165, 1.54) is 31.6 Å². The van der Waals surface area contributed by atoms with Gasteiger partial charge in [-0.05, 0) is 45.5 Å². The third-order valence-electron chi connectivity index (χ3n) is 3.09. The molecule has 1 aromatic heterocycles. The number of aromatic nitrogens is 2. The first-order valence-corrected chi connectivity index (χ1v) is 5.52. The van der Waals surface area contributed by atoms with Gasteiger partial charge in [0.15, 0.2) is 0 Å². The maximum atomic E-state index is 4.58. The van der Waals surface area contributed by atoms with Gasteiger partial charge in [0.05, 0.1) is 11.7 Å². The van der Waals surface area contributed by atoms with Gasteiger partial charge in [-0.2, -0.15) is 5.10 Å². The fourth-order valence-corrected chi connectivity index (χ4v) is 2.03. The van der Waals surface area contributed by atoms with Crippen LogP contribution in [0.4, 0.5) is 0 Å². The number of aryl methyl sites for hydroxylation is 1. The summed E-state index contributed by atoms with van der Waals surface area (Å²) in [5.41, 5.74) is 1.21. The van der Waals surface area contributed by atoms with E-state index in [0.29, 0.717) is 6.04 Å². The molecule has 0 aliphatic carbocycles. The monoisotopic (exact) mass is 193 g/mol. The highest BCUT2D eigenvalue weighted by Crippen LogP contribution is 2.20. The summed E-state index contributed by atoms with van der Waals surface area (Å²) in [5, 5.41) is 4.58. The number of hydrogen-bond acceptors (Lipinski definition) is 2. The summed E-state index contributed by atoms with van der Waals surface area (Å²) in [6.45, 7) is 4.55. The highest BCUT2D eigenvalue weighted by molar-refractivity contribution is 4.99. The molecule has 0 bridgehead atoms. The fourth-order valence-electron chi connectivity index (χ4n) is 2.03. The molecule has 1 aliphatic rings. The van der Waals surface area contributed by atoms with E-state index in [9.17, 15) is 0 Å². The van der Waals surface area contributed by atoms with Crippen LogP contribution in [0.25, 0.3) is 0 Å². The van der Waals surface area contributed by atoms with Gasteiger partial charge in [0, 0.05) is 6.20 Å². The van der Waals surface area contributed by atoms with Gasteiger partial charge >= 0.3 is 0 Å². The lowest BCUT2D eigenvalue weighted by Gasteiger charge is -2.29. The van der Waals surface area contributed by atoms with E-state index in [4.69, 9.17) is 0 Å². The molecule has 3 heteroatoms. The Bertz CT molecular complexity index is 284. The molecule has 3 nitrogen and oxygen atoms in total. The maximum Gasteiger partial charge on any atom is 0.0621 e. The molecule has 1 aromatic rings. The van der Waals surface area contributed by atoms with Crippen molar-refractivity contribution < 1.29 is 0 Å². The van der Waals surface area contributed by atoms with Crippen molar-refractivity contribution in [3.05, 3.63) is 18.0 Å². The standard InChI is InChI=1S/C11H19N3/c1-3-10-4-9-14(12-10)11-5-7-13(2)8-6-11/h4,9,11H,3,5-8H2,1-2H3. The highest BCUT2D eigenvalue weighted by Gasteiger charge is 2.18. The fraction of sp³-hybridized carbons (Fsp3) is 0.727. The van der Waals surface area contributed by atoms with Gasteiger partial charge in [-0.15, -0.1) is 0 Å². The highest BCUT2D eigenvalue weighted by atomic mass is 15.3. The number of likely N-dealkylation sites (tertiary alicyclic amines) is 1. The lowest BCUT2D eigenvalue weighted by Crippen LogP contribution is -2.31. The van der Waals surface area contributed by atoms with Crippen LogP contribution in [0, 0.1) is 0 Å². The van der Waals surface area contributed by atoms with E-state index >= 15 is 0 Å². The van der Waals surface area contributed by atoms with E-state index in [1.54, 1.807) is 0 Å². The van der Waals surface area contributed by atoms with Gasteiger partial charge in [0.1, 0.15) is 0 Å². The summed E-state index contributed by atoms with van der Waals surface area (Å²) in [7, 11) is 2.19. The number of hydrogen-bond donors (Lipinski definition) is 0. The largest absolute Gasteiger partial charge is 0.306 e. The summed E-state index contributed by atoms with van der Waals surface area (Å²) in [4.78, 5) is 2.39. The zero-order chi connectivity index (χ0) is 9.97. The molecule has 1 saturated heterocycles. The van der Waals surface area contributed by atoms with Crippen LogP contribution in [0.15, 0.2) is 12.3 Å². The Balaban J connectivity index is 2.01. The third kappa shape index (κ3) is 1.98. The van der Waals surface area contributed by atoms with Crippen molar-refractivity contribution in [1.29, 1.82) is 0 Å². The molecule has 0 spiro atoms. The van der Waals surface area contributed by atoms with E-state index in [0.717, 1.165) is 6.42 Å². The van der Waals surface area contributed by atoms with Gasteiger partial charge in [-0.25, -0.2) is 0 Å². The van der Waals surface area contributed by atoms with Crippen LogP contribution in [0.1, 0.15) is 31.5 Å². The Labute approximate surface area is 85.7 Å². The Kier molecular flexibility index (Phi) is 2.87. The first-order chi connectivity index (χ1) is 6.79. The predicted octanol–water partition coefficient (Wildman–Crippen LogP) is 1.71. The summed E-state index contributed by atoms with van der Waals surface area (Å²) >= 11 is 0. The zero-order valence-corrected chi connectivity index (χ0v) is 9.11. The summed E-state index contributed by atoms with van der Waals surface area (Å²) in [6.07, 6.45) is 5.65. The second kappa shape index (κ2) is 4.13.